The molecule has 1 amide bonds. The van der Waals surface area contributed by atoms with Gasteiger partial charge in [0.25, 0.3) is 0 Å². The van der Waals surface area contributed by atoms with E-state index in [1.165, 1.54) is 23.1 Å². The van der Waals surface area contributed by atoms with E-state index in [1.807, 2.05) is 18.4 Å². The number of aryl methyl sites for hydroxylation is 2. The lowest BCUT2D eigenvalue weighted by molar-refractivity contribution is -0.113. The van der Waals surface area contributed by atoms with Crippen molar-refractivity contribution in [1.29, 1.82) is 0 Å². The third kappa shape index (κ3) is 6.31. The number of rotatable bonds is 10. The molecule has 0 spiro atoms. The number of halogens is 2. The highest BCUT2D eigenvalue weighted by Crippen LogP contribution is 2.27. The maximum atomic E-state index is 12.1. The van der Waals surface area contributed by atoms with Gasteiger partial charge in [-0.3, -0.25) is 10.1 Å². The van der Waals surface area contributed by atoms with Gasteiger partial charge in [0.2, 0.25) is 11.0 Å². The van der Waals surface area contributed by atoms with Crippen LogP contribution in [0.15, 0.2) is 23.4 Å². The van der Waals surface area contributed by atoms with Crippen LogP contribution in [0.5, 0.6) is 5.75 Å². The molecular formula is C18H20Cl2N6O2S2. The van der Waals surface area contributed by atoms with Crippen LogP contribution in [0.3, 0.4) is 0 Å². The SMILES string of the molecule is CCn1c(CCCOc2ccc(Cl)cc2Cl)nnc1SCC(=O)Nc1nnc(C)s1. The van der Waals surface area contributed by atoms with E-state index in [0.717, 1.165) is 17.3 Å². The second kappa shape index (κ2) is 10.9. The third-order valence-electron chi connectivity index (χ3n) is 3.91. The predicted molar refractivity (Wildman–Crippen MR) is 120 cm³/mol. The second-order valence-corrected chi connectivity index (χ2v) is 9.10. The Morgan fingerprint density at radius 2 is 2.10 bits per heavy atom. The maximum absolute atomic E-state index is 12.1. The summed E-state index contributed by atoms with van der Waals surface area (Å²) in [4.78, 5) is 12.1. The Labute approximate surface area is 192 Å². The van der Waals surface area contributed by atoms with Gasteiger partial charge in [0, 0.05) is 18.0 Å². The Hall–Kier alpha value is -1.88. The minimum Gasteiger partial charge on any atom is -0.492 e. The molecule has 0 saturated carbocycles. The summed E-state index contributed by atoms with van der Waals surface area (Å²) < 4.78 is 7.72. The van der Waals surface area contributed by atoms with Crippen LogP contribution in [0.4, 0.5) is 5.13 Å². The Balaban J connectivity index is 1.48. The highest BCUT2D eigenvalue weighted by molar-refractivity contribution is 7.99. The number of ether oxygens (including phenoxy) is 1. The number of thioether (sulfide) groups is 1. The fraction of sp³-hybridized carbons (Fsp3) is 0.389. The predicted octanol–water partition coefficient (Wildman–Crippen LogP) is 4.51. The topological polar surface area (TPSA) is 94.8 Å². The first kappa shape index (κ1) is 22.8. The number of hydrogen-bond donors (Lipinski definition) is 1. The molecule has 2 aromatic heterocycles. The highest BCUT2D eigenvalue weighted by atomic mass is 35.5. The smallest absolute Gasteiger partial charge is 0.236 e. The molecule has 30 heavy (non-hydrogen) atoms. The lowest BCUT2D eigenvalue weighted by Gasteiger charge is -2.09. The molecule has 0 aliphatic carbocycles. The van der Waals surface area contributed by atoms with Crippen molar-refractivity contribution >= 4 is 57.3 Å². The molecule has 3 aromatic rings. The molecule has 12 heteroatoms. The average Bonchev–Trinajstić information content (AvgIpc) is 3.30. The van der Waals surface area contributed by atoms with Crippen molar-refractivity contribution in [3.05, 3.63) is 39.1 Å². The average molecular weight is 487 g/mol. The van der Waals surface area contributed by atoms with Gasteiger partial charge in [0.1, 0.15) is 16.6 Å². The van der Waals surface area contributed by atoms with Crippen LogP contribution >= 0.6 is 46.3 Å². The summed E-state index contributed by atoms with van der Waals surface area (Å²) in [5, 5.41) is 22.1. The third-order valence-corrected chi connectivity index (χ3v) is 6.16. The summed E-state index contributed by atoms with van der Waals surface area (Å²) in [6, 6.07) is 5.14. The van der Waals surface area contributed by atoms with Gasteiger partial charge in [-0.15, -0.1) is 20.4 Å². The van der Waals surface area contributed by atoms with Gasteiger partial charge in [0.05, 0.1) is 17.4 Å². The highest BCUT2D eigenvalue weighted by Gasteiger charge is 2.14. The molecule has 0 atom stereocenters. The molecule has 0 radical (unpaired) electrons. The molecule has 0 aliphatic rings. The van der Waals surface area contributed by atoms with Crippen LogP contribution in [0.1, 0.15) is 24.2 Å². The number of carbonyl (C=O) groups excluding carboxylic acids is 1. The van der Waals surface area contributed by atoms with Crippen molar-refractivity contribution in [2.75, 3.05) is 17.7 Å². The van der Waals surface area contributed by atoms with Gasteiger partial charge in [0.15, 0.2) is 5.16 Å². The molecule has 1 aromatic carbocycles. The first-order valence-corrected chi connectivity index (χ1v) is 11.7. The van der Waals surface area contributed by atoms with Gasteiger partial charge in [-0.2, -0.15) is 0 Å². The molecule has 0 fully saturated rings. The van der Waals surface area contributed by atoms with Gasteiger partial charge in [-0.05, 0) is 38.5 Å². The van der Waals surface area contributed by atoms with Crippen molar-refractivity contribution in [1.82, 2.24) is 25.0 Å². The summed E-state index contributed by atoms with van der Waals surface area (Å²) in [5.74, 6) is 1.52. The molecular weight excluding hydrogens is 467 g/mol. The Morgan fingerprint density at radius 3 is 2.80 bits per heavy atom. The van der Waals surface area contributed by atoms with E-state index in [4.69, 9.17) is 27.9 Å². The van der Waals surface area contributed by atoms with Gasteiger partial charge in [-0.25, -0.2) is 0 Å². The number of amides is 1. The van der Waals surface area contributed by atoms with E-state index in [2.05, 4.69) is 25.7 Å². The van der Waals surface area contributed by atoms with Crippen molar-refractivity contribution < 1.29 is 9.53 Å². The molecule has 2 heterocycles. The number of nitrogens with zero attached hydrogens (tertiary/aromatic N) is 5. The zero-order valence-electron chi connectivity index (χ0n) is 16.4. The van der Waals surface area contributed by atoms with Crippen LogP contribution in [-0.2, 0) is 17.8 Å². The van der Waals surface area contributed by atoms with Crippen molar-refractivity contribution in [3.8, 4) is 5.75 Å². The summed E-state index contributed by atoms with van der Waals surface area (Å²) in [5.41, 5.74) is 0. The normalized spacial score (nSPS) is 10.9. The fourth-order valence-corrected chi connectivity index (χ4v) is 4.46. The standard InChI is InChI=1S/C18H20Cl2N6O2S2/c1-3-26-15(5-4-8-28-14-7-6-12(19)9-13(14)20)23-25-18(26)29-10-16(27)21-17-24-22-11(2)30-17/h6-7,9H,3-5,8,10H2,1-2H3,(H,21,24,27). The van der Waals surface area contributed by atoms with Crippen LogP contribution in [0.25, 0.3) is 0 Å². The molecule has 0 aliphatic heterocycles. The van der Waals surface area contributed by atoms with Gasteiger partial charge >= 0.3 is 0 Å². The van der Waals surface area contributed by atoms with E-state index in [9.17, 15) is 4.79 Å². The largest absolute Gasteiger partial charge is 0.492 e. The molecule has 0 saturated heterocycles. The number of anilines is 1. The minimum absolute atomic E-state index is 0.156. The number of benzene rings is 1. The van der Waals surface area contributed by atoms with Crippen LogP contribution < -0.4 is 10.1 Å². The lowest BCUT2D eigenvalue weighted by atomic mass is 10.3. The number of hydrogen-bond acceptors (Lipinski definition) is 8. The zero-order valence-corrected chi connectivity index (χ0v) is 19.5. The van der Waals surface area contributed by atoms with E-state index in [0.29, 0.717) is 45.7 Å². The lowest BCUT2D eigenvalue weighted by Crippen LogP contribution is -2.14. The second-order valence-electron chi connectivity index (χ2n) is 6.13. The van der Waals surface area contributed by atoms with Gasteiger partial charge < -0.3 is 9.30 Å². The van der Waals surface area contributed by atoms with E-state index < -0.39 is 0 Å². The zero-order chi connectivity index (χ0) is 21.5. The van der Waals surface area contributed by atoms with Crippen molar-refractivity contribution in [2.24, 2.45) is 0 Å². The first-order valence-electron chi connectivity index (χ1n) is 9.19. The Morgan fingerprint density at radius 1 is 1.27 bits per heavy atom. The van der Waals surface area contributed by atoms with E-state index in [1.54, 1.807) is 18.2 Å². The minimum atomic E-state index is -0.156. The van der Waals surface area contributed by atoms with E-state index in [-0.39, 0.29) is 11.7 Å². The Kier molecular flexibility index (Phi) is 8.32. The van der Waals surface area contributed by atoms with Crippen LogP contribution in [0.2, 0.25) is 10.0 Å². The number of aromatic nitrogens is 5. The fourth-order valence-electron chi connectivity index (χ4n) is 2.57. The quantitative estimate of drug-likeness (QED) is 0.332. The number of carbonyl (C=O) groups is 1. The Bertz CT molecular complexity index is 1010. The molecule has 1 N–H and O–H groups in total. The monoisotopic (exact) mass is 486 g/mol. The number of nitrogens with one attached hydrogen (secondary N) is 1. The van der Waals surface area contributed by atoms with Crippen LogP contribution in [0, 0.1) is 6.92 Å². The van der Waals surface area contributed by atoms with E-state index >= 15 is 0 Å². The molecule has 8 nitrogen and oxygen atoms in total. The summed E-state index contributed by atoms with van der Waals surface area (Å²) >= 11 is 14.7. The summed E-state index contributed by atoms with van der Waals surface area (Å²) in [6.45, 7) is 5.06. The van der Waals surface area contributed by atoms with Crippen molar-refractivity contribution in [3.63, 3.8) is 0 Å². The summed E-state index contributed by atoms with van der Waals surface area (Å²) in [7, 11) is 0. The maximum Gasteiger partial charge on any atom is 0.236 e. The first-order chi connectivity index (χ1) is 14.5. The van der Waals surface area contributed by atoms with Crippen LogP contribution in [-0.4, -0.2) is 43.2 Å². The molecule has 160 valence electrons. The molecule has 3 rings (SSSR count). The van der Waals surface area contributed by atoms with Gasteiger partial charge in [-0.1, -0.05) is 46.3 Å². The molecule has 0 bridgehead atoms. The van der Waals surface area contributed by atoms with Crippen molar-refractivity contribution in [2.45, 2.75) is 38.4 Å². The summed E-state index contributed by atoms with van der Waals surface area (Å²) in [6.07, 6.45) is 1.45. The molecule has 0 unspecified atom stereocenters.